The molecule has 1 aromatic heterocycles. The second-order valence-electron chi connectivity index (χ2n) is 4.97. The van der Waals surface area contributed by atoms with E-state index in [0.717, 1.165) is 25.9 Å². The molecule has 0 fully saturated rings. The molecule has 0 aliphatic heterocycles. The first-order chi connectivity index (χ1) is 9.31. The van der Waals surface area contributed by atoms with Gasteiger partial charge in [0.2, 0.25) is 0 Å². The minimum absolute atomic E-state index is 0.581. The molecule has 0 saturated heterocycles. The van der Waals surface area contributed by atoms with Gasteiger partial charge in [0.15, 0.2) is 0 Å². The summed E-state index contributed by atoms with van der Waals surface area (Å²) in [5.41, 5.74) is 2.97. The van der Waals surface area contributed by atoms with Gasteiger partial charge in [-0.3, -0.25) is 4.68 Å². The molecule has 1 aliphatic rings. The number of nitrogens with one attached hydrogen (secondary N) is 1. The van der Waals surface area contributed by atoms with Crippen LogP contribution in [0.5, 0.6) is 0 Å². The van der Waals surface area contributed by atoms with Gasteiger partial charge < -0.3 is 5.32 Å². The molecule has 0 radical (unpaired) electrons. The zero-order valence-corrected chi connectivity index (χ0v) is 12.3. The summed E-state index contributed by atoms with van der Waals surface area (Å²) >= 11 is 3.54. The van der Waals surface area contributed by atoms with E-state index in [2.05, 4.69) is 49.8 Å². The predicted molar refractivity (Wildman–Crippen MR) is 78.0 cm³/mol. The second kappa shape index (κ2) is 5.84. The van der Waals surface area contributed by atoms with Gasteiger partial charge in [0, 0.05) is 23.3 Å². The van der Waals surface area contributed by atoms with Crippen LogP contribution in [0.3, 0.4) is 0 Å². The molecule has 100 valence electrons. The third kappa shape index (κ3) is 3.22. The fourth-order valence-corrected chi connectivity index (χ4v) is 3.04. The van der Waals surface area contributed by atoms with E-state index in [0.29, 0.717) is 6.04 Å². The molecule has 1 aliphatic carbocycles. The van der Waals surface area contributed by atoms with Crippen LogP contribution in [0.2, 0.25) is 0 Å². The van der Waals surface area contributed by atoms with Gasteiger partial charge >= 0.3 is 0 Å². The maximum Gasteiger partial charge on any atom is 0.0692 e. The van der Waals surface area contributed by atoms with Crippen molar-refractivity contribution in [1.82, 2.24) is 20.3 Å². The monoisotopic (exact) mass is 320 g/mol. The molecule has 0 amide bonds. The van der Waals surface area contributed by atoms with Crippen LogP contribution in [0.15, 0.2) is 35.1 Å². The van der Waals surface area contributed by atoms with Gasteiger partial charge in [-0.05, 0) is 42.5 Å². The number of hydrogen-bond acceptors (Lipinski definition) is 3. The Hall–Kier alpha value is -1.20. The number of fused-ring (bicyclic) bond motifs is 1. The summed E-state index contributed by atoms with van der Waals surface area (Å²) < 4.78 is 3.05. The van der Waals surface area contributed by atoms with Gasteiger partial charge in [-0.1, -0.05) is 27.2 Å². The molecule has 1 heterocycles. The van der Waals surface area contributed by atoms with Gasteiger partial charge in [0.1, 0.15) is 0 Å². The number of rotatable bonds is 4. The molecule has 1 atom stereocenters. The zero-order valence-electron chi connectivity index (χ0n) is 10.7. The van der Waals surface area contributed by atoms with Crippen LogP contribution < -0.4 is 5.32 Å². The molecule has 1 N–H and O–H groups in total. The molecule has 0 saturated carbocycles. The Balaban J connectivity index is 1.53. The highest BCUT2D eigenvalue weighted by Crippen LogP contribution is 2.24. The summed E-state index contributed by atoms with van der Waals surface area (Å²) in [5, 5.41) is 11.4. The Kier molecular flexibility index (Phi) is 3.94. The average molecular weight is 321 g/mol. The minimum atomic E-state index is 0.581. The summed E-state index contributed by atoms with van der Waals surface area (Å²) in [6.45, 7) is 1.82. The zero-order chi connectivity index (χ0) is 13.1. The molecule has 0 bridgehead atoms. The Morgan fingerprint density at radius 1 is 1.37 bits per heavy atom. The Morgan fingerprint density at radius 2 is 2.32 bits per heavy atom. The van der Waals surface area contributed by atoms with Crippen LogP contribution >= 0.6 is 15.9 Å². The Morgan fingerprint density at radius 3 is 3.16 bits per heavy atom. The smallest absolute Gasteiger partial charge is 0.0692 e. The first kappa shape index (κ1) is 12.8. The number of nitrogens with zero attached hydrogens (tertiary/aromatic N) is 3. The lowest BCUT2D eigenvalue weighted by Crippen LogP contribution is -2.36. The summed E-state index contributed by atoms with van der Waals surface area (Å²) in [6, 6.07) is 7.21. The Bertz CT molecular complexity index is 538. The molecule has 4 nitrogen and oxygen atoms in total. The normalized spacial score (nSPS) is 18.3. The second-order valence-corrected chi connectivity index (χ2v) is 5.89. The maximum atomic E-state index is 3.97. The van der Waals surface area contributed by atoms with E-state index in [9.17, 15) is 0 Å². The first-order valence-electron chi connectivity index (χ1n) is 6.66. The number of benzene rings is 1. The number of halogens is 1. The van der Waals surface area contributed by atoms with Gasteiger partial charge in [-0.2, -0.15) is 0 Å². The van der Waals surface area contributed by atoms with Crippen molar-refractivity contribution in [1.29, 1.82) is 0 Å². The van der Waals surface area contributed by atoms with Crippen molar-refractivity contribution in [2.24, 2.45) is 0 Å². The fourth-order valence-electron chi connectivity index (χ4n) is 2.63. The topological polar surface area (TPSA) is 42.7 Å². The van der Waals surface area contributed by atoms with Crippen molar-refractivity contribution < 1.29 is 0 Å². The van der Waals surface area contributed by atoms with E-state index < -0.39 is 0 Å². The van der Waals surface area contributed by atoms with Crippen LogP contribution in [0.4, 0.5) is 0 Å². The van der Waals surface area contributed by atoms with E-state index >= 15 is 0 Å². The standard InChI is InChI=1S/C14H17BrN4/c15-13-3-1-12-10-14(4-2-11(12)9-13)16-5-7-19-8-6-17-18-19/h1,3,6,8-9,14,16H,2,4-5,7,10H2. The van der Waals surface area contributed by atoms with Crippen LogP contribution in [0, 0.1) is 0 Å². The SMILES string of the molecule is Brc1ccc2c(c1)CCC(NCCn1ccnn1)C2. The largest absolute Gasteiger partial charge is 0.312 e. The van der Waals surface area contributed by atoms with Crippen molar-refractivity contribution in [3.63, 3.8) is 0 Å². The molecule has 1 aromatic carbocycles. The summed E-state index contributed by atoms with van der Waals surface area (Å²) in [7, 11) is 0. The van der Waals surface area contributed by atoms with Gasteiger partial charge in [0.05, 0.1) is 12.7 Å². The van der Waals surface area contributed by atoms with Gasteiger partial charge in [-0.15, -0.1) is 5.10 Å². The number of hydrogen-bond donors (Lipinski definition) is 1. The van der Waals surface area contributed by atoms with E-state index in [-0.39, 0.29) is 0 Å². The third-order valence-electron chi connectivity index (χ3n) is 3.64. The van der Waals surface area contributed by atoms with Crippen LogP contribution in [-0.2, 0) is 19.4 Å². The molecule has 5 heteroatoms. The Labute approximate surface area is 121 Å². The third-order valence-corrected chi connectivity index (χ3v) is 4.14. The van der Waals surface area contributed by atoms with Crippen LogP contribution in [0.1, 0.15) is 17.5 Å². The lowest BCUT2D eigenvalue weighted by Gasteiger charge is -2.25. The average Bonchev–Trinajstić information content (AvgIpc) is 2.92. The minimum Gasteiger partial charge on any atom is -0.312 e. The van der Waals surface area contributed by atoms with Gasteiger partial charge in [0.25, 0.3) is 0 Å². The van der Waals surface area contributed by atoms with Crippen molar-refractivity contribution in [3.05, 3.63) is 46.2 Å². The number of aromatic nitrogens is 3. The highest BCUT2D eigenvalue weighted by Gasteiger charge is 2.17. The highest BCUT2D eigenvalue weighted by molar-refractivity contribution is 9.10. The van der Waals surface area contributed by atoms with E-state index in [1.165, 1.54) is 22.0 Å². The lowest BCUT2D eigenvalue weighted by atomic mass is 9.88. The summed E-state index contributed by atoms with van der Waals surface area (Å²) in [5.74, 6) is 0. The molecule has 19 heavy (non-hydrogen) atoms. The maximum absolute atomic E-state index is 3.97. The van der Waals surface area contributed by atoms with E-state index in [1.54, 1.807) is 6.20 Å². The van der Waals surface area contributed by atoms with Gasteiger partial charge in [-0.25, -0.2) is 0 Å². The molecular formula is C14H17BrN4. The molecular weight excluding hydrogens is 304 g/mol. The molecule has 3 rings (SSSR count). The summed E-state index contributed by atoms with van der Waals surface area (Å²) in [6.07, 6.45) is 7.11. The molecule has 0 spiro atoms. The van der Waals surface area contributed by atoms with Crippen LogP contribution in [-0.4, -0.2) is 27.6 Å². The fraction of sp³-hybridized carbons (Fsp3) is 0.429. The first-order valence-corrected chi connectivity index (χ1v) is 7.45. The van der Waals surface area contributed by atoms with Crippen molar-refractivity contribution >= 4 is 15.9 Å². The molecule has 2 aromatic rings. The predicted octanol–water partition coefficient (Wildman–Crippen LogP) is 2.19. The lowest BCUT2D eigenvalue weighted by molar-refractivity contribution is 0.433. The van der Waals surface area contributed by atoms with Crippen molar-refractivity contribution in [3.8, 4) is 0 Å². The van der Waals surface area contributed by atoms with E-state index in [4.69, 9.17) is 0 Å². The molecule has 1 unspecified atom stereocenters. The van der Waals surface area contributed by atoms with Crippen molar-refractivity contribution in [2.45, 2.75) is 31.8 Å². The quantitative estimate of drug-likeness (QED) is 0.939. The van der Waals surface area contributed by atoms with Crippen molar-refractivity contribution in [2.75, 3.05) is 6.54 Å². The summed E-state index contributed by atoms with van der Waals surface area (Å²) in [4.78, 5) is 0. The van der Waals surface area contributed by atoms with E-state index in [1.807, 2.05) is 10.9 Å². The van der Waals surface area contributed by atoms with Crippen LogP contribution in [0.25, 0.3) is 0 Å². The highest BCUT2D eigenvalue weighted by atomic mass is 79.9. The number of aryl methyl sites for hydroxylation is 1.